The first-order valence-electron chi connectivity index (χ1n) is 10.2. The van der Waals surface area contributed by atoms with Crippen LogP contribution in [-0.2, 0) is 16.0 Å². The van der Waals surface area contributed by atoms with Crippen LogP contribution in [0.2, 0.25) is 5.02 Å². The van der Waals surface area contributed by atoms with Crippen LogP contribution >= 0.6 is 11.6 Å². The van der Waals surface area contributed by atoms with Crippen LogP contribution < -0.4 is 5.32 Å². The van der Waals surface area contributed by atoms with Gasteiger partial charge in [-0.1, -0.05) is 50.4 Å². The molecule has 0 bridgehead atoms. The number of nitrogens with one attached hydrogen (secondary N) is 1. The predicted octanol–water partition coefficient (Wildman–Crippen LogP) is 4.20. The quantitative estimate of drug-likeness (QED) is 0.818. The highest BCUT2D eigenvalue weighted by molar-refractivity contribution is 6.30. The first-order valence-corrected chi connectivity index (χ1v) is 10.5. The Kier molecular flexibility index (Phi) is 6.15. The highest BCUT2D eigenvalue weighted by Crippen LogP contribution is 2.33. The fraction of sp³-hybridized carbons (Fsp3) is 0.636. The summed E-state index contributed by atoms with van der Waals surface area (Å²) in [5.74, 6) is 1.19. The molecule has 0 unspecified atom stereocenters. The molecule has 1 saturated carbocycles. The van der Waals surface area contributed by atoms with Crippen molar-refractivity contribution >= 4 is 23.4 Å². The van der Waals surface area contributed by atoms with Crippen LogP contribution in [0.4, 0.5) is 0 Å². The van der Waals surface area contributed by atoms with Crippen LogP contribution in [0.25, 0.3) is 0 Å². The Hall–Kier alpha value is -1.55. The zero-order valence-electron chi connectivity index (χ0n) is 16.6. The summed E-state index contributed by atoms with van der Waals surface area (Å²) in [6.45, 7) is 6.98. The van der Waals surface area contributed by atoms with Crippen molar-refractivity contribution in [3.05, 3.63) is 34.9 Å². The summed E-state index contributed by atoms with van der Waals surface area (Å²) >= 11 is 5.95. The van der Waals surface area contributed by atoms with Crippen LogP contribution in [0.3, 0.4) is 0 Å². The monoisotopic (exact) mass is 390 g/mol. The van der Waals surface area contributed by atoms with Crippen LogP contribution in [-0.4, -0.2) is 34.8 Å². The minimum atomic E-state index is -0.746. The van der Waals surface area contributed by atoms with Gasteiger partial charge in [0.1, 0.15) is 5.54 Å². The summed E-state index contributed by atoms with van der Waals surface area (Å²) in [7, 11) is 0. The minimum Gasteiger partial charge on any atom is -0.351 e. The third-order valence-electron chi connectivity index (χ3n) is 6.77. The van der Waals surface area contributed by atoms with E-state index in [-0.39, 0.29) is 17.9 Å². The first kappa shape index (κ1) is 20.2. The number of benzene rings is 1. The zero-order valence-corrected chi connectivity index (χ0v) is 17.4. The highest BCUT2D eigenvalue weighted by Gasteiger charge is 2.47. The molecule has 0 aromatic heterocycles. The number of hydrogen-bond acceptors (Lipinski definition) is 2. The van der Waals surface area contributed by atoms with Gasteiger partial charge in [0.15, 0.2) is 0 Å². The summed E-state index contributed by atoms with van der Waals surface area (Å²) in [6, 6.07) is 7.89. The number of hydrogen-bond donors (Lipinski definition) is 1. The van der Waals surface area contributed by atoms with Crippen molar-refractivity contribution in [2.24, 2.45) is 11.8 Å². The molecule has 0 radical (unpaired) electrons. The summed E-state index contributed by atoms with van der Waals surface area (Å²) in [5.41, 5.74) is 0.376. The van der Waals surface area contributed by atoms with E-state index in [1.165, 1.54) is 6.42 Å². The Balaban J connectivity index is 1.67. The van der Waals surface area contributed by atoms with Gasteiger partial charge >= 0.3 is 0 Å². The van der Waals surface area contributed by atoms with Gasteiger partial charge < -0.3 is 10.2 Å². The lowest BCUT2D eigenvalue weighted by Gasteiger charge is -2.39. The average Bonchev–Trinajstić information content (AvgIpc) is 2.94. The van der Waals surface area contributed by atoms with Gasteiger partial charge in [-0.2, -0.15) is 0 Å². The van der Waals surface area contributed by atoms with Crippen molar-refractivity contribution in [2.75, 3.05) is 6.54 Å². The molecule has 2 amide bonds. The molecule has 5 heteroatoms. The standard InChI is InChI=1S/C22H31ClN2O2/c1-15-5-4-6-19(16(15)2)24-21(27)22(3)13-11-20(26)25(22)14-12-17-7-9-18(23)10-8-17/h7-10,15-16,19H,4-6,11-14H2,1-3H3,(H,24,27)/t15-,16-,19+,22+/m1/s1. The molecule has 1 saturated heterocycles. The maximum Gasteiger partial charge on any atom is 0.245 e. The van der Waals surface area contributed by atoms with E-state index in [0.29, 0.717) is 36.2 Å². The minimum absolute atomic E-state index is 0.00964. The number of likely N-dealkylation sites (tertiary alicyclic amines) is 1. The maximum atomic E-state index is 13.2. The van der Waals surface area contributed by atoms with Crippen molar-refractivity contribution in [1.82, 2.24) is 10.2 Å². The molecule has 4 nitrogen and oxygen atoms in total. The summed E-state index contributed by atoms with van der Waals surface area (Å²) < 4.78 is 0. The third kappa shape index (κ3) is 4.31. The van der Waals surface area contributed by atoms with E-state index in [0.717, 1.165) is 24.8 Å². The normalized spacial score (nSPS) is 31.2. The Morgan fingerprint density at radius 3 is 2.67 bits per heavy atom. The van der Waals surface area contributed by atoms with Gasteiger partial charge in [0.2, 0.25) is 11.8 Å². The van der Waals surface area contributed by atoms with Crippen LogP contribution in [0.1, 0.15) is 58.4 Å². The lowest BCUT2D eigenvalue weighted by Crippen LogP contribution is -2.58. The molecular weight excluding hydrogens is 360 g/mol. The van der Waals surface area contributed by atoms with E-state index in [4.69, 9.17) is 11.6 Å². The summed E-state index contributed by atoms with van der Waals surface area (Å²) in [4.78, 5) is 27.5. The lowest BCUT2D eigenvalue weighted by atomic mass is 9.77. The second-order valence-electron chi connectivity index (χ2n) is 8.54. The van der Waals surface area contributed by atoms with E-state index >= 15 is 0 Å². The molecular formula is C22H31ClN2O2. The molecule has 2 aliphatic rings. The molecule has 148 valence electrons. The highest BCUT2D eigenvalue weighted by atomic mass is 35.5. The molecule has 2 fully saturated rings. The first-order chi connectivity index (χ1) is 12.8. The Bertz CT molecular complexity index is 690. The molecule has 3 rings (SSSR count). The Morgan fingerprint density at radius 1 is 1.26 bits per heavy atom. The molecule has 4 atom stereocenters. The van der Waals surface area contributed by atoms with Gasteiger partial charge in [-0.3, -0.25) is 9.59 Å². The van der Waals surface area contributed by atoms with Gasteiger partial charge in [-0.25, -0.2) is 0 Å². The molecule has 27 heavy (non-hydrogen) atoms. The van der Waals surface area contributed by atoms with Gasteiger partial charge in [0.05, 0.1) is 0 Å². The molecule has 1 N–H and O–H groups in total. The number of carbonyl (C=O) groups excluding carboxylic acids is 2. The summed E-state index contributed by atoms with van der Waals surface area (Å²) in [5, 5.41) is 3.99. The van der Waals surface area contributed by atoms with Gasteiger partial charge in [-0.15, -0.1) is 0 Å². The summed E-state index contributed by atoms with van der Waals surface area (Å²) in [6.07, 6.45) is 5.19. The molecule has 1 aliphatic heterocycles. The van der Waals surface area contributed by atoms with Crippen molar-refractivity contribution in [3.63, 3.8) is 0 Å². The van der Waals surface area contributed by atoms with Crippen LogP contribution in [0.5, 0.6) is 0 Å². The largest absolute Gasteiger partial charge is 0.351 e. The fourth-order valence-electron chi connectivity index (χ4n) is 4.50. The second-order valence-corrected chi connectivity index (χ2v) is 8.98. The van der Waals surface area contributed by atoms with Crippen molar-refractivity contribution in [2.45, 2.75) is 70.9 Å². The van der Waals surface area contributed by atoms with Crippen molar-refractivity contribution < 1.29 is 9.59 Å². The van der Waals surface area contributed by atoms with Crippen LogP contribution in [0, 0.1) is 11.8 Å². The number of halogens is 1. The van der Waals surface area contributed by atoms with E-state index in [1.54, 1.807) is 4.90 Å². The Morgan fingerprint density at radius 2 is 1.96 bits per heavy atom. The van der Waals surface area contributed by atoms with Crippen LogP contribution in [0.15, 0.2) is 24.3 Å². The van der Waals surface area contributed by atoms with Gasteiger partial charge in [0.25, 0.3) is 0 Å². The molecule has 1 aliphatic carbocycles. The topological polar surface area (TPSA) is 49.4 Å². The Labute approximate surface area is 167 Å². The zero-order chi connectivity index (χ0) is 19.6. The van der Waals surface area contributed by atoms with E-state index in [1.807, 2.05) is 31.2 Å². The molecule has 1 aromatic rings. The molecule has 0 spiro atoms. The smallest absolute Gasteiger partial charge is 0.245 e. The van der Waals surface area contributed by atoms with Gasteiger partial charge in [-0.05, 0) is 55.7 Å². The number of nitrogens with zero attached hydrogens (tertiary/aromatic N) is 1. The van der Waals surface area contributed by atoms with E-state index < -0.39 is 5.54 Å². The lowest BCUT2D eigenvalue weighted by molar-refractivity contribution is -0.141. The number of amides is 2. The number of carbonyl (C=O) groups is 2. The molecule has 1 aromatic carbocycles. The second kappa shape index (κ2) is 8.22. The van der Waals surface area contributed by atoms with Crippen molar-refractivity contribution in [1.29, 1.82) is 0 Å². The predicted molar refractivity (Wildman–Crippen MR) is 109 cm³/mol. The van der Waals surface area contributed by atoms with Crippen molar-refractivity contribution in [3.8, 4) is 0 Å². The van der Waals surface area contributed by atoms with E-state index in [9.17, 15) is 9.59 Å². The average molecular weight is 391 g/mol. The fourth-order valence-corrected chi connectivity index (χ4v) is 4.63. The number of rotatable bonds is 5. The SMILES string of the molecule is C[C@@H]1[C@H](C)CCC[C@@H]1NC(=O)[C@]1(C)CCC(=O)N1CCc1ccc(Cl)cc1. The maximum absolute atomic E-state index is 13.2. The third-order valence-corrected chi connectivity index (χ3v) is 7.02. The van der Waals surface area contributed by atoms with E-state index in [2.05, 4.69) is 19.2 Å². The molecule has 1 heterocycles. The van der Waals surface area contributed by atoms with Gasteiger partial charge in [0, 0.05) is 24.0 Å².